The summed E-state index contributed by atoms with van der Waals surface area (Å²) in [6, 6.07) is 5.88. The van der Waals surface area contributed by atoms with Crippen LogP contribution in [0.3, 0.4) is 0 Å². The zero-order valence-corrected chi connectivity index (χ0v) is 16.9. The van der Waals surface area contributed by atoms with E-state index in [1.165, 1.54) is 0 Å². The number of unbranched alkanes of at least 4 members (excludes halogenated alkanes) is 2. The highest BCUT2D eigenvalue weighted by Crippen LogP contribution is 2.27. The average Bonchev–Trinajstić information content (AvgIpc) is 2.60. The number of hydrogen-bond acceptors (Lipinski definition) is 3. The Hall–Kier alpha value is -1.07. The maximum atomic E-state index is 12.7. The third-order valence-corrected chi connectivity index (χ3v) is 4.62. The number of carbonyl (C=O) groups is 1. The van der Waals surface area contributed by atoms with Crippen LogP contribution in [0, 0.1) is 0 Å². The minimum atomic E-state index is -0.582. The topological polar surface area (TPSA) is 41.9 Å². The molecule has 134 valence electrons. The molecule has 1 aromatic rings. The summed E-state index contributed by atoms with van der Waals surface area (Å²) >= 11 is 9.65. The van der Waals surface area contributed by atoms with Crippen molar-refractivity contribution >= 4 is 45.3 Å². The maximum absolute atomic E-state index is 12.7. The fourth-order valence-corrected chi connectivity index (χ4v) is 2.64. The fraction of sp³-hybridized carbons (Fsp3) is 0.556. The van der Waals surface area contributed by atoms with Gasteiger partial charge in [-0.05, 0) is 43.4 Å². The Kier molecular flexibility index (Phi) is 10.0. The SMILES string of the molecule is CCCCC=NOCN(C(=O)C(Cl)CC)c1cc(Br)ccc1CC. The summed E-state index contributed by atoms with van der Waals surface area (Å²) in [5, 5.41) is 3.36. The van der Waals surface area contributed by atoms with Gasteiger partial charge in [0.05, 0.1) is 5.69 Å². The zero-order chi connectivity index (χ0) is 17.9. The van der Waals surface area contributed by atoms with Gasteiger partial charge in [0.15, 0.2) is 6.73 Å². The number of anilines is 1. The Morgan fingerprint density at radius 1 is 1.42 bits per heavy atom. The van der Waals surface area contributed by atoms with Gasteiger partial charge in [-0.3, -0.25) is 9.69 Å². The second-order valence-corrected chi connectivity index (χ2v) is 6.90. The minimum absolute atomic E-state index is 0.0497. The van der Waals surface area contributed by atoms with Crippen molar-refractivity contribution in [2.75, 3.05) is 11.6 Å². The van der Waals surface area contributed by atoms with Crippen LogP contribution in [0.2, 0.25) is 0 Å². The van der Waals surface area contributed by atoms with Gasteiger partial charge in [-0.25, -0.2) is 0 Å². The second kappa shape index (κ2) is 11.5. The molecule has 0 radical (unpaired) electrons. The number of oxime groups is 1. The predicted octanol–water partition coefficient (Wildman–Crippen LogP) is 5.51. The summed E-state index contributed by atoms with van der Waals surface area (Å²) in [5.74, 6) is -0.171. The standard InChI is InChI=1S/C18H26BrClN2O2/c1-4-7-8-11-21-24-13-22(18(23)16(20)6-3)17-12-15(19)10-9-14(17)5-2/h9-12,16H,4-8,13H2,1-3H3. The van der Waals surface area contributed by atoms with Crippen LogP contribution in [-0.2, 0) is 16.1 Å². The van der Waals surface area contributed by atoms with Crippen molar-refractivity contribution in [1.29, 1.82) is 0 Å². The molecule has 0 bridgehead atoms. The van der Waals surface area contributed by atoms with Gasteiger partial charge in [0.25, 0.3) is 0 Å². The van der Waals surface area contributed by atoms with Crippen molar-refractivity contribution in [2.45, 2.75) is 58.3 Å². The molecule has 0 fully saturated rings. The molecule has 4 nitrogen and oxygen atoms in total. The number of benzene rings is 1. The van der Waals surface area contributed by atoms with E-state index >= 15 is 0 Å². The summed E-state index contributed by atoms with van der Waals surface area (Å²) in [6.07, 6.45) is 6.16. The van der Waals surface area contributed by atoms with Gasteiger partial charge in [0, 0.05) is 10.7 Å². The Morgan fingerprint density at radius 2 is 2.17 bits per heavy atom. The van der Waals surface area contributed by atoms with Crippen molar-refractivity contribution in [2.24, 2.45) is 5.16 Å². The first-order valence-electron chi connectivity index (χ1n) is 8.42. The Morgan fingerprint density at radius 3 is 2.79 bits per heavy atom. The highest BCUT2D eigenvalue weighted by molar-refractivity contribution is 9.10. The molecule has 0 heterocycles. The third kappa shape index (κ3) is 6.44. The molecule has 24 heavy (non-hydrogen) atoms. The highest BCUT2D eigenvalue weighted by Gasteiger charge is 2.24. The summed E-state index contributed by atoms with van der Waals surface area (Å²) in [4.78, 5) is 19.6. The van der Waals surface area contributed by atoms with Gasteiger partial charge < -0.3 is 4.84 Å². The molecule has 0 aliphatic carbocycles. The minimum Gasteiger partial charge on any atom is -0.374 e. The van der Waals surface area contributed by atoms with Gasteiger partial charge in [-0.2, -0.15) is 0 Å². The summed E-state index contributed by atoms with van der Waals surface area (Å²) in [5.41, 5.74) is 1.87. The van der Waals surface area contributed by atoms with Crippen LogP contribution in [0.4, 0.5) is 5.69 Å². The molecule has 0 aromatic heterocycles. The van der Waals surface area contributed by atoms with Crippen molar-refractivity contribution in [3.8, 4) is 0 Å². The normalized spacial score (nSPS) is 12.4. The van der Waals surface area contributed by atoms with Gasteiger partial charge >= 0.3 is 0 Å². The number of nitrogens with zero attached hydrogens (tertiary/aromatic N) is 2. The molecule has 0 aliphatic rings. The van der Waals surface area contributed by atoms with Crippen molar-refractivity contribution < 1.29 is 9.63 Å². The monoisotopic (exact) mass is 416 g/mol. The van der Waals surface area contributed by atoms with Crippen LogP contribution in [-0.4, -0.2) is 24.2 Å². The molecule has 0 spiro atoms. The lowest BCUT2D eigenvalue weighted by Crippen LogP contribution is -2.38. The van der Waals surface area contributed by atoms with E-state index in [4.69, 9.17) is 16.4 Å². The molecule has 0 aliphatic heterocycles. The van der Waals surface area contributed by atoms with Crippen molar-refractivity contribution in [1.82, 2.24) is 0 Å². The Balaban J connectivity index is 2.95. The van der Waals surface area contributed by atoms with Crippen LogP contribution >= 0.6 is 27.5 Å². The number of aryl methyl sites for hydroxylation is 1. The van der Waals surface area contributed by atoms with Crippen LogP contribution in [0.25, 0.3) is 0 Å². The third-order valence-electron chi connectivity index (χ3n) is 3.63. The smallest absolute Gasteiger partial charge is 0.247 e. The number of rotatable bonds is 10. The summed E-state index contributed by atoms with van der Waals surface area (Å²) in [7, 11) is 0. The number of carbonyl (C=O) groups excluding carboxylic acids is 1. The average molecular weight is 418 g/mol. The van der Waals surface area contributed by atoms with Crippen LogP contribution in [0.1, 0.15) is 52.0 Å². The molecule has 6 heteroatoms. The number of halogens is 2. The maximum Gasteiger partial charge on any atom is 0.247 e. The van der Waals surface area contributed by atoms with Crippen molar-refractivity contribution in [3.63, 3.8) is 0 Å². The van der Waals surface area contributed by atoms with E-state index in [0.29, 0.717) is 6.42 Å². The van der Waals surface area contributed by atoms with E-state index < -0.39 is 5.38 Å². The lowest BCUT2D eigenvalue weighted by atomic mass is 10.1. The lowest BCUT2D eigenvalue weighted by molar-refractivity contribution is -0.119. The largest absolute Gasteiger partial charge is 0.374 e. The molecule has 0 N–H and O–H groups in total. The lowest BCUT2D eigenvalue weighted by Gasteiger charge is -2.25. The fourth-order valence-electron chi connectivity index (χ4n) is 2.17. The van der Waals surface area contributed by atoms with Crippen molar-refractivity contribution in [3.05, 3.63) is 28.2 Å². The van der Waals surface area contributed by atoms with Gasteiger partial charge in [0.1, 0.15) is 5.38 Å². The van der Waals surface area contributed by atoms with Gasteiger partial charge in [-0.15, -0.1) is 11.6 Å². The van der Waals surface area contributed by atoms with E-state index in [2.05, 4.69) is 34.9 Å². The number of alkyl halides is 1. The van der Waals surface area contributed by atoms with E-state index in [9.17, 15) is 4.79 Å². The van der Waals surface area contributed by atoms with Crippen LogP contribution < -0.4 is 4.90 Å². The van der Waals surface area contributed by atoms with E-state index in [0.717, 1.165) is 41.4 Å². The molecule has 1 aromatic carbocycles. The molecular formula is C18H26BrClN2O2. The summed E-state index contributed by atoms with van der Waals surface area (Å²) < 4.78 is 0.904. The Bertz CT molecular complexity index is 552. The molecule has 0 saturated heterocycles. The first-order valence-corrected chi connectivity index (χ1v) is 9.65. The molecular weight excluding hydrogens is 392 g/mol. The second-order valence-electron chi connectivity index (χ2n) is 5.46. The first kappa shape index (κ1) is 21.0. The summed E-state index contributed by atoms with van der Waals surface area (Å²) in [6.45, 7) is 6.12. The van der Waals surface area contributed by atoms with Crippen LogP contribution in [0.5, 0.6) is 0 Å². The van der Waals surface area contributed by atoms with Crippen LogP contribution in [0.15, 0.2) is 27.8 Å². The number of hydrogen-bond donors (Lipinski definition) is 0. The van der Waals surface area contributed by atoms with Gasteiger partial charge in [-0.1, -0.05) is 54.3 Å². The highest BCUT2D eigenvalue weighted by atomic mass is 79.9. The molecule has 0 saturated carbocycles. The van der Waals surface area contributed by atoms with E-state index in [1.54, 1.807) is 11.1 Å². The number of amides is 1. The van der Waals surface area contributed by atoms with E-state index in [1.807, 2.05) is 25.1 Å². The predicted molar refractivity (Wildman–Crippen MR) is 105 cm³/mol. The molecule has 1 amide bonds. The van der Waals surface area contributed by atoms with Gasteiger partial charge in [0.2, 0.25) is 5.91 Å². The molecule has 1 rings (SSSR count). The molecule has 1 unspecified atom stereocenters. The molecule has 1 atom stereocenters. The quantitative estimate of drug-likeness (QED) is 0.165. The van der Waals surface area contributed by atoms with E-state index in [-0.39, 0.29) is 12.6 Å². The Labute approximate surface area is 158 Å². The first-order chi connectivity index (χ1) is 11.5. The zero-order valence-electron chi connectivity index (χ0n) is 14.6.